The number of anilines is 2. The van der Waals surface area contributed by atoms with E-state index in [1.54, 1.807) is 25.1 Å². The number of rotatable bonds is 4. The average Bonchev–Trinajstić information content (AvgIpc) is 3.07. The molecule has 3 rings (SSSR count). The van der Waals surface area contributed by atoms with Crippen molar-refractivity contribution in [3.05, 3.63) is 34.3 Å². The Bertz CT molecular complexity index is 815. The Hall–Kier alpha value is -2.61. The van der Waals surface area contributed by atoms with Crippen LogP contribution in [0.2, 0.25) is 0 Å². The fourth-order valence-electron chi connectivity index (χ4n) is 2.44. The maximum atomic E-state index is 12.2. The Kier molecular flexibility index (Phi) is 3.91. The normalized spacial score (nSPS) is 13.4. The number of nitrogens with one attached hydrogen (secondary N) is 1. The van der Waals surface area contributed by atoms with Gasteiger partial charge in [0, 0.05) is 0 Å². The van der Waals surface area contributed by atoms with E-state index in [2.05, 4.69) is 15.5 Å². The number of para-hydroxylation sites is 1. The first-order valence-electron chi connectivity index (χ1n) is 7.09. The minimum Gasteiger partial charge on any atom is -0.299 e. The van der Waals surface area contributed by atoms with Gasteiger partial charge in [-0.2, -0.15) is 0 Å². The Balaban J connectivity index is 1.79. The zero-order chi connectivity index (χ0) is 16.6. The van der Waals surface area contributed by atoms with Crippen molar-refractivity contribution < 1.29 is 14.4 Å². The van der Waals surface area contributed by atoms with Gasteiger partial charge in [0.25, 0.3) is 11.7 Å². The lowest BCUT2D eigenvalue weighted by Gasteiger charge is -2.17. The van der Waals surface area contributed by atoms with Gasteiger partial charge in [0.2, 0.25) is 11.0 Å². The molecule has 2 heterocycles. The molecule has 0 unspecified atom stereocenters. The SMILES string of the molecule is CCc1nnc(NC(=O)CN2C(=O)C(=O)c3cccc(C)c32)s1. The van der Waals surface area contributed by atoms with Crippen LogP contribution in [0.25, 0.3) is 0 Å². The van der Waals surface area contributed by atoms with Crippen molar-refractivity contribution in [1.82, 2.24) is 10.2 Å². The fraction of sp³-hybridized carbons (Fsp3) is 0.267. The third kappa shape index (κ3) is 2.72. The molecule has 1 aromatic heterocycles. The molecular formula is C15H14N4O3S. The highest BCUT2D eigenvalue weighted by Gasteiger charge is 2.37. The molecule has 118 valence electrons. The number of hydrogen-bond donors (Lipinski definition) is 1. The highest BCUT2D eigenvalue weighted by Crippen LogP contribution is 2.32. The molecule has 23 heavy (non-hydrogen) atoms. The summed E-state index contributed by atoms with van der Waals surface area (Å²) in [6.45, 7) is 3.51. The molecule has 2 amide bonds. The van der Waals surface area contributed by atoms with Crippen LogP contribution in [0.1, 0.15) is 27.9 Å². The Morgan fingerprint density at radius 1 is 1.30 bits per heavy atom. The largest absolute Gasteiger partial charge is 0.299 e. The summed E-state index contributed by atoms with van der Waals surface area (Å²) in [6, 6.07) is 5.11. The minimum absolute atomic E-state index is 0.233. The predicted molar refractivity (Wildman–Crippen MR) is 85.8 cm³/mol. The molecule has 0 saturated heterocycles. The van der Waals surface area contributed by atoms with E-state index in [9.17, 15) is 14.4 Å². The van der Waals surface area contributed by atoms with Gasteiger partial charge in [-0.15, -0.1) is 10.2 Å². The van der Waals surface area contributed by atoms with E-state index in [0.29, 0.717) is 16.4 Å². The van der Waals surface area contributed by atoms with Crippen molar-refractivity contribution in [1.29, 1.82) is 0 Å². The van der Waals surface area contributed by atoms with E-state index < -0.39 is 17.6 Å². The van der Waals surface area contributed by atoms with E-state index in [1.165, 1.54) is 16.2 Å². The Labute approximate surface area is 136 Å². The quantitative estimate of drug-likeness (QED) is 0.859. The second-order valence-electron chi connectivity index (χ2n) is 5.09. The third-order valence-corrected chi connectivity index (χ3v) is 4.49. The van der Waals surface area contributed by atoms with E-state index in [4.69, 9.17) is 0 Å². The summed E-state index contributed by atoms with van der Waals surface area (Å²) < 4.78 is 0. The molecule has 7 nitrogen and oxygen atoms in total. The molecule has 1 aliphatic rings. The van der Waals surface area contributed by atoms with Gasteiger partial charge in [0.05, 0.1) is 11.3 Å². The van der Waals surface area contributed by atoms with E-state index >= 15 is 0 Å². The maximum Gasteiger partial charge on any atom is 0.299 e. The topological polar surface area (TPSA) is 92.3 Å². The van der Waals surface area contributed by atoms with Gasteiger partial charge in [-0.1, -0.05) is 30.4 Å². The summed E-state index contributed by atoms with van der Waals surface area (Å²) in [4.78, 5) is 37.5. The second kappa shape index (κ2) is 5.88. The number of aromatic nitrogens is 2. The summed E-state index contributed by atoms with van der Waals surface area (Å²) in [7, 11) is 0. The standard InChI is InChI=1S/C15H14N4O3S/c1-3-11-17-18-15(23-11)16-10(20)7-19-12-8(2)5-4-6-9(12)13(21)14(19)22/h4-6H,3,7H2,1-2H3,(H,16,18,20). The number of Topliss-reactive ketones (excluding diaryl/α,β-unsaturated/α-hetero) is 1. The summed E-state index contributed by atoms with van der Waals surface area (Å²) in [5, 5.41) is 11.6. The van der Waals surface area contributed by atoms with Crippen LogP contribution in [0.4, 0.5) is 10.8 Å². The zero-order valence-electron chi connectivity index (χ0n) is 12.6. The number of nitrogens with zero attached hydrogens (tertiary/aromatic N) is 3. The minimum atomic E-state index is -0.684. The van der Waals surface area contributed by atoms with Crippen molar-refractivity contribution >= 4 is 39.8 Å². The van der Waals surface area contributed by atoms with Crippen LogP contribution in [-0.4, -0.2) is 34.3 Å². The molecule has 1 aromatic carbocycles. The molecule has 0 radical (unpaired) electrons. The number of carbonyl (C=O) groups is 3. The van der Waals surface area contributed by atoms with E-state index in [1.807, 2.05) is 6.92 Å². The van der Waals surface area contributed by atoms with Crippen molar-refractivity contribution in [3.63, 3.8) is 0 Å². The van der Waals surface area contributed by atoms with Crippen LogP contribution >= 0.6 is 11.3 Å². The van der Waals surface area contributed by atoms with Crippen LogP contribution < -0.4 is 10.2 Å². The number of ketones is 1. The van der Waals surface area contributed by atoms with E-state index in [0.717, 1.165) is 17.0 Å². The first-order valence-corrected chi connectivity index (χ1v) is 7.91. The third-order valence-electron chi connectivity index (χ3n) is 3.51. The van der Waals surface area contributed by atoms with Gasteiger partial charge >= 0.3 is 0 Å². The van der Waals surface area contributed by atoms with Crippen molar-refractivity contribution in [2.75, 3.05) is 16.8 Å². The molecule has 0 aliphatic carbocycles. The van der Waals surface area contributed by atoms with Gasteiger partial charge < -0.3 is 0 Å². The molecule has 0 atom stereocenters. The Morgan fingerprint density at radius 2 is 2.09 bits per heavy atom. The number of hydrogen-bond acceptors (Lipinski definition) is 6. The van der Waals surface area contributed by atoms with Crippen molar-refractivity contribution in [2.45, 2.75) is 20.3 Å². The average molecular weight is 330 g/mol. The smallest absolute Gasteiger partial charge is 0.299 e. The van der Waals surface area contributed by atoms with Gasteiger partial charge in [-0.3, -0.25) is 24.6 Å². The first kappa shape index (κ1) is 15.3. The lowest BCUT2D eigenvalue weighted by Crippen LogP contribution is -2.37. The first-order chi connectivity index (χ1) is 11.0. The van der Waals surface area contributed by atoms with Crippen molar-refractivity contribution in [3.8, 4) is 0 Å². The highest BCUT2D eigenvalue weighted by molar-refractivity contribution is 7.15. The second-order valence-corrected chi connectivity index (χ2v) is 6.16. The molecule has 1 aliphatic heterocycles. The summed E-state index contributed by atoms with van der Waals surface area (Å²) in [6.07, 6.45) is 0.735. The highest BCUT2D eigenvalue weighted by atomic mass is 32.1. The van der Waals surface area contributed by atoms with Gasteiger partial charge in [0.1, 0.15) is 11.6 Å². The van der Waals surface area contributed by atoms with Crippen molar-refractivity contribution in [2.24, 2.45) is 0 Å². The fourth-order valence-corrected chi connectivity index (χ4v) is 3.14. The number of benzene rings is 1. The van der Waals surface area contributed by atoms with E-state index in [-0.39, 0.29) is 6.54 Å². The number of carbonyl (C=O) groups excluding carboxylic acids is 3. The molecule has 0 spiro atoms. The molecule has 2 aromatic rings. The maximum absolute atomic E-state index is 12.2. The predicted octanol–water partition coefficient (Wildman–Crippen LogP) is 1.58. The molecule has 1 N–H and O–H groups in total. The molecule has 0 saturated carbocycles. The summed E-state index contributed by atoms with van der Waals surface area (Å²) in [5.41, 5.74) is 1.62. The van der Waals surface area contributed by atoms with Crippen LogP contribution in [0.3, 0.4) is 0 Å². The zero-order valence-corrected chi connectivity index (χ0v) is 13.4. The molecule has 8 heteroatoms. The summed E-state index contributed by atoms with van der Waals surface area (Å²) in [5.74, 6) is -1.68. The Morgan fingerprint density at radius 3 is 2.78 bits per heavy atom. The molecule has 0 fully saturated rings. The summed E-state index contributed by atoms with van der Waals surface area (Å²) >= 11 is 1.28. The monoisotopic (exact) mass is 330 g/mol. The number of fused-ring (bicyclic) bond motifs is 1. The van der Waals surface area contributed by atoms with Gasteiger partial charge in [-0.05, 0) is 25.0 Å². The molecular weight excluding hydrogens is 316 g/mol. The van der Waals surface area contributed by atoms with Crippen LogP contribution in [-0.2, 0) is 16.0 Å². The van der Waals surface area contributed by atoms with Gasteiger partial charge in [0.15, 0.2) is 0 Å². The lowest BCUT2D eigenvalue weighted by atomic mass is 10.1. The number of amides is 2. The lowest BCUT2D eigenvalue weighted by molar-refractivity contribution is -0.118. The molecule has 0 bridgehead atoms. The van der Waals surface area contributed by atoms with Crippen LogP contribution in [0.15, 0.2) is 18.2 Å². The van der Waals surface area contributed by atoms with Crippen LogP contribution in [0.5, 0.6) is 0 Å². The number of aryl methyl sites for hydroxylation is 2. The van der Waals surface area contributed by atoms with Crippen LogP contribution in [0, 0.1) is 6.92 Å². The van der Waals surface area contributed by atoms with Gasteiger partial charge in [-0.25, -0.2) is 0 Å².